The van der Waals surface area contributed by atoms with Crippen LogP contribution < -0.4 is 10.2 Å². The van der Waals surface area contributed by atoms with Gasteiger partial charge in [-0.05, 0) is 24.3 Å². The largest absolute Gasteiger partial charge is 0.465 e. The van der Waals surface area contributed by atoms with Crippen molar-refractivity contribution >= 4 is 11.7 Å². The maximum atomic E-state index is 11.3. The summed E-state index contributed by atoms with van der Waals surface area (Å²) < 4.78 is 10.3. The van der Waals surface area contributed by atoms with Gasteiger partial charge < -0.3 is 19.7 Å². The molecule has 0 aromatic heterocycles. The molecule has 1 aromatic rings. The monoisotopic (exact) mass is 264 g/mol. The Hall–Kier alpha value is -1.59. The molecule has 0 spiro atoms. The summed E-state index contributed by atoms with van der Waals surface area (Å²) in [4.78, 5) is 13.5. The Morgan fingerprint density at radius 2 is 2.21 bits per heavy atom. The van der Waals surface area contributed by atoms with E-state index in [9.17, 15) is 4.79 Å². The Bertz CT molecular complexity index is 413. The molecule has 1 heterocycles. The molecule has 1 unspecified atom stereocenters. The van der Waals surface area contributed by atoms with Crippen LogP contribution in [0.25, 0.3) is 0 Å². The third kappa shape index (κ3) is 3.68. The minimum absolute atomic E-state index is 0.207. The lowest BCUT2D eigenvalue weighted by atomic mass is 10.2. The van der Waals surface area contributed by atoms with Gasteiger partial charge in [0.05, 0.1) is 25.4 Å². The average Bonchev–Trinajstić information content (AvgIpc) is 2.47. The summed E-state index contributed by atoms with van der Waals surface area (Å²) in [7, 11) is 3.40. The van der Waals surface area contributed by atoms with E-state index in [4.69, 9.17) is 4.74 Å². The Kier molecular flexibility index (Phi) is 4.76. The number of benzene rings is 1. The molecular formula is C14H20N2O3. The molecule has 1 N–H and O–H groups in total. The van der Waals surface area contributed by atoms with E-state index in [1.54, 1.807) is 12.1 Å². The fourth-order valence-electron chi connectivity index (χ4n) is 2.12. The standard InChI is InChI=1S/C14H20N2O3/c1-16(10-13-9-15-7-8-19-13)12-5-3-11(4-6-12)14(17)18-2/h3-6,13,15H,7-10H2,1-2H3. The van der Waals surface area contributed by atoms with E-state index in [-0.39, 0.29) is 12.1 Å². The van der Waals surface area contributed by atoms with Crippen molar-refractivity contribution in [3.05, 3.63) is 29.8 Å². The lowest BCUT2D eigenvalue weighted by molar-refractivity contribution is 0.0340. The fraction of sp³-hybridized carbons (Fsp3) is 0.500. The van der Waals surface area contributed by atoms with E-state index in [2.05, 4.69) is 15.0 Å². The van der Waals surface area contributed by atoms with E-state index < -0.39 is 0 Å². The maximum Gasteiger partial charge on any atom is 0.337 e. The predicted molar refractivity (Wildman–Crippen MR) is 73.7 cm³/mol. The summed E-state index contributed by atoms with van der Waals surface area (Å²) >= 11 is 0. The van der Waals surface area contributed by atoms with Crippen LogP contribution in [0.15, 0.2) is 24.3 Å². The normalized spacial score (nSPS) is 18.9. The van der Waals surface area contributed by atoms with Gasteiger partial charge >= 0.3 is 5.97 Å². The van der Waals surface area contributed by atoms with Crippen molar-refractivity contribution in [1.29, 1.82) is 0 Å². The first-order valence-corrected chi connectivity index (χ1v) is 6.42. The Labute approximate surface area is 113 Å². The summed E-state index contributed by atoms with van der Waals surface area (Å²) in [5, 5.41) is 3.31. The van der Waals surface area contributed by atoms with Gasteiger partial charge in [-0.3, -0.25) is 0 Å². The molecule has 0 radical (unpaired) electrons. The number of ether oxygens (including phenoxy) is 2. The van der Waals surface area contributed by atoms with Gasteiger partial charge in [0.1, 0.15) is 0 Å². The Balaban J connectivity index is 1.94. The first-order chi connectivity index (χ1) is 9.20. The number of methoxy groups -OCH3 is 1. The zero-order valence-electron chi connectivity index (χ0n) is 11.4. The van der Waals surface area contributed by atoms with Crippen LogP contribution in [0.4, 0.5) is 5.69 Å². The van der Waals surface area contributed by atoms with E-state index in [0.717, 1.165) is 31.9 Å². The van der Waals surface area contributed by atoms with Gasteiger partial charge in [-0.1, -0.05) is 0 Å². The molecule has 5 nitrogen and oxygen atoms in total. The van der Waals surface area contributed by atoms with Gasteiger partial charge in [-0.15, -0.1) is 0 Å². The smallest absolute Gasteiger partial charge is 0.337 e. The number of carbonyl (C=O) groups excluding carboxylic acids is 1. The molecule has 5 heteroatoms. The molecule has 1 aliphatic heterocycles. The number of hydrogen-bond acceptors (Lipinski definition) is 5. The zero-order chi connectivity index (χ0) is 13.7. The van der Waals surface area contributed by atoms with Crippen molar-refractivity contribution in [3.8, 4) is 0 Å². The highest BCUT2D eigenvalue weighted by atomic mass is 16.5. The van der Waals surface area contributed by atoms with Gasteiger partial charge in [-0.25, -0.2) is 4.79 Å². The number of nitrogens with zero attached hydrogens (tertiary/aromatic N) is 1. The molecule has 104 valence electrons. The van der Waals surface area contributed by atoms with Crippen molar-refractivity contribution in [1.82, 2.24) is 5.32 Å². The summed E-state index contributed by atoms with van der Waals surface area (Å²) in [6, 6.07) is 7.39. The van der Waals surface area contributed by atoms with Crippen LogP contribution in [0.5, 0.6) is 0 Å². The summed E-state index contributed by atoms with van der Waals surface area (Å²) in [5.74, 6) is -0.311. The van der Waals surface area contributed by atoms with E-state index in [0.29, 0.717) is 5.56 Å². The lowest BCUT2D eigenvalue weighted by Gasteiger charge is -2.29. The van der Waals surface area contributed by atoms with Gasteiger partial charge in [-0.2, -0.15) is 0 Å². The Morgan fingerprint density at radius 1 is 1.47 bits per heavy atom. The van der Waals surface area contributed by atoms with Crippen molar-refractivity contribution in [2.24, 2.45) is 0 Å². The van der Waals surface area contributed by atoms with Crippen molar-refractivity contribution < 1.29 is 14.3 Å². The molecule has 1 saturated heterocycles. The highest BCUT2D eigenvalue weighted by molar-refractivity contribution is 5.89. The van der Waals surface area contributed by atoms with Crippen LogP contribution in [-0.4, -0.2) is 52.5 Å². The van der Waals surface area contributed by atoms with E-state index >= 15 is 0 Å². The number of esters is 1. The number of rotatable bonds is 4. The molecule has 1 aromatic carbocycles. The molecule has 19 heavy (non-hydrogen) atoms. The van der Waals surface area contributed by atoms with Crippen molar-refractivity contribution in [2.75, 3.05) is 45.3 Å². The van der Waals surface area contributed by atoms with Crippen LogP contribution in [0.1, 0.15) is 10.4 Å². The average molecular weight is 264 g/mol. The number of hydrogen-bond donors (Lipinski definition) is 1. The molecule has 1 fully saturated rings. The molecule has 0 saturated carbocycles. The number of likely N-dealkylation sites (N-methyl/N-ethyl adjacent to an activating group) is 1. The molecule has 0 bridgehead atoms. The van der Waals surface area contributed by atoms with Gasteiger partial charge in [0.25, 0.3) is 0 Å². The van der Waals surface area contributed by atoms with Crippen LogP contribution in [-0.2, 0) is 9.47 Å². The SMILES string of the molecule is COC(=O)c1ccc(N(C)CC2CNCCO2)cc1. The maximum absolute atomic E-state index is 11.3. The topological polar surface area (TPSA) is 50.8 Å². The molecular weight excluding hydrogens is 244 g/mol. The first kappa shape index (κ1) is 13.8. The molecule has 0 amide bonds. The van der Waals surface area contributed by atoms with Gasteiger partial charge in [0.2, 0.25) is 0 Å². The fourth-order valence-corrected chi connectivity index (χ4v) is 2.12. The number of morpholine rings is 1. The Morgan fingerprint density at radius 3 is 2.79 bits per heavy atom. The second-order valence-corrected chi connectivity index (χ2v) is 4.62. The summed E-state index contributed by atoms with van der Waals surface area (Å²) in [6.07, 6.45) is 0.207. The minimum atomic E-state index is -0.311. The second-order valence-electron chi connectivity index (χ2n) is 4.62. The number of carbonyl (C=O) groups is 1. The molecule has 1 aliphatic rings. The van der Waals surface area contributed by atoms with E-state index in [1.807, 2.05) is 19.2 Å². The van der Waals surface area contributed by atoms with Crippen molar-refractivity contribution in [3.63, 3.8) is 0 Å². The number of nitrogens with one attached hydrogen (secondary N) is 1. The zero-order valence-corrected chi connectivity index (χ0v) is 11.4. The van der Waals surface area contributed by atoms with Gasteiger partial charge in [0.15, 0.2) is 0 Å². The van der Waals surface area contributed by atoms with Crippen LogP contribution in [0, 0.1) is 0 Å². The van der Waals surface area contributed by atoms with E-state index in [1.165, 1.54) is 7.11 Å². The predicted octanol–water partition coefficient (Wildman–Crippen LogP) is 0.898. The highest BCUT2D eigenvalue weighted by Crippen LogP contribution is 2.15. The molecule has 2 rings (SSSR count). The van der Waals surface area contributed by atoms with Crippen LogP contribution >= 0.6 is 0 Å². The lowest BCUT2D eigenvalue weighted by Crippen LogP contribution is -2.44. The first-order valence-electron chi connectivity index (χ1n) is 6.42. The number of anilines is 1. The minimum Gasteiger partial charge on any atom is -0.465 e. The molecule has 0 aliphatic carbocycles. The van der Waals surface area contributed by atoms with Crippen molar-refractivity contribution in [2.45, 2.75) is 6.10 Å². The summed E-state index contributed by atoms with van der Waals surface area (Å²) in [5.41, 5.74) is 1.62. The third-order valence-electron chi connectivity index (χ3n) is 3.21. The highest BCUT2D eigenvalue weighted by Gasteiger charge is 2.16. The second kappa shape index (κ2) is 6.54. The van der Waals surface area contributed by atoms with Gasteiger partial charge in [0, 0.05) is 32.4 Å². The quantitative estimate of drug-likeness (QED) is 0.819. The third-order valence-corrected chi connectivity index (χ3v) is 3.21. The van der Waals surface area contributed by atoms with Crippen LogP contribution in [0.3, 0.4) is 0 Å². The summed E-state index contributed by atoms with van der Waals surface area (Å²) in [6.45, 7) is 3.39. The van der Waals surface area contributed by atoms with Crippen LogP contribution in [0.2, 0.25) is 0 Å². The molecule has 1 atom stereocenters.